The van der Waals surface area contributed by atoms with Gasteiger partial charge in [0.2, 0.25) is 0 Å². The van der Waals surface area contributed by atoms with Crippen LogP contribution < -0.4 is 5.43 Å². The monoisotopic (exact) mass is 232 g/mol. The van der Waals surface area contributed by atoms with Crippen molar-refractivity contribution in [2.45, 2.75) is 17.8 Å². The third kappa shape index (κ3) is 2.60. The second-order valence-electron chi connectivity index (χ2n) is 2.16. The maximum Gasteiger partial charge on any atom is 0.441 e. The summed E-state index contributed by atoms with van der Waals surface area (Å²) >= 11 is 0.464. The highest BCUT2D eigenvalue weighted by Gasteiger charge is 2.42. The van der Waals surface area contributed by atoms with E-state index in [0.717, 1.165) is 0 Å². The van der Waals surface area contributed by atoms with E-state index < -0.39 is 26.7 Å². The number of alkyl halides is 3. The minimum absolute atomic E-state index is 0.311. The van der Waals surface area contributed by atoms with Gasteiger partial charge in [0.1, 0.15) is 0 Å². The lowest BCUT2D eigenvalue weighted by molar-refractivity contribution is -0.0555. The molecule has 0 saturated heterocycles. The highest BCUT2D eigenvalue weighted by Crippen LogP contribution is 2.31. The zero-order chi connectivity index (χ0) is 10.1. The van der Waals surface area contributed by atoms with Gasteiger partial charge in [0.25, 0.3) is 0 Å². The number of nitrogens with zero attached hydrogens (tertiary/aromatic N) is 1. The first-order valence-corrected chi connectivity index (χ1v) is 5.65. The summed E-state index contributed by atoms with van der Waals surface area (Å²) in [7, 11) is -1.32. The summed E-state index contributed by atoms with van der Waals surface area (Å²) in [6.45, 7) is 1.64. The molecule has 0 spiro atoms. The molecule has 1 rings (SSSR count). The molecule has 0 aromatic heterocycles. The van der Waals surface area contributed by atoms with E-state index in [4.69, 9.17) is 0 Å². The summed E-state index contributed by atoms with van der Waals surface area (Å²) in [5, 5.41) is 2.11. The minimum atomic E-state index is -4.44. The lowest BCUT2D eigenvalue weighted by atomic mass is 10.7. The summed E-state index contributed by atoms with van der Waals surface area (Å²) in [6.07, 6.45) is -4.44. The first-order chi connectivity index (χ1) is 5.95. The average Bonchev–Trinajstić information content (AvgIpc) is 2.50. The van der Waals surface area contributed by atoms with Gasteiger partial charge in [0.15, 0.2) is 9.75 Å². The van der Waals surface area contributed by atoms with Crippen molar-refractivity contribution in [3.8, 4) is 0 Å². The molecule has 1 aliphatic heterocycles. The Labute approximate surface area is 79.6 Å². The van der Waals surface area contributed by atoms with Crippen LogP contribution in [0.4, 0.5) is 13.2 Å². The fraction of sp³-hybridized carbons (Fsp3) is 0.800. The zero-order valence-electron chi connectivity index (χ0n) is 6.59. The van der Waals surface area contributed by atoms with Gasteiger partial charge in [-0.1, -0.05) is 18.7 Å². The van der Waals surface area contributed by atoms with Gasteiger partial charge in [-0.3, -0.25) is 9.63 Å². The molecule has 0 aromatic rings. The molecule has 2 atom stereocenters. The molecule has 0 aliphatic carbocycles. The van der Waals surface area contributed by atoms with E-state index in [2.05, 4.69) is 10.5 Å². The number of hydrazone groups is 1. The van der Waals surface area contributed by atoms with Crippen LogP contribution in [0, 0.1) is 0 Å². The van der Waals surface area contributed by atoms with Crippen molar-refractivity contribution in [3.63, 3.8) is 0 Å². The number of hydrogen-bond donors (Lipinski definition) is 1. The van der Waals surface area contributed by atoms with Crippen LogP contribution in [0.1, 0.15) is 6.92 Å². The number of thioether (sulfide) groups is 1. The van der Waals surface area contributed by atoms with Crippen molar-refractivity contribution in [1.82, 2.24) is 5.43 Å². The molecule has 3 nitrogen and oxygen atoms in total. The van der Waals surface area contributed by atoms with Gasteiger partial charge in [-0.25, -0.2) is 0 Å². The number of rotatable bonds is 2. The van der Waals surface area contributed by atoms with Crippen molar-refractivity contribution in [1.29, 1.82) is 0 Å². The van der Waals surface area contributed by atoms with E-state index in [1.807, 2.05) is 0 Å². The Bertz CT molecular complexity index is 253. The van der Waals surface area contributed by atoms with Crippen LogP contribution in [0.5, 0.6) is 0 Å². The summed E-state index contributed by atoms with van der Waals surface area (Å²) in [4.78, 5) is 0. The molecule has 0 bridgehead atoms. The van der Waals surface area contributed by atoms with Crippen molar-refractivity contribution in [2.24, 2.45) is 5.10 Å². The molecule has 1 aliphatic rings. The third-order valence-electron chi connectivity index (χ3n) is 1.26. The predicted octanol–water partition coefficient (Wildman–Crippen LogP) is 1.25. The molecular weight excluding hydrogens is 225 g/mol. The van der Waals surface area contributed by atoms with Crippen LogP contribution in [0.2, 0.25) is 0 Å². The second kappa shape index (κ2) is 3.87. The highest BCUT2D eigenvalue weighted by atomic mass is 32.2. The van der Waals surface area contributed by atoms with E-state index >= 15 is 0 Å². The SMILES string of the molecule is CCS(=O)C1NN=C(C(F)(F)F)S1. The first-order valence-electron chi connectivity index (χ1n) is 3.39. The van der Waals surface area contributed by atoms with Gasteiger partial charge in [0, 0.05) is 5.75 Å². The van der Waals surface area contributed by atoms with E-state index in [9.17, 15) is 17.4 Å². The zero-order valence-corrected chi connectivity index (χ0v) is 8.22. The van der Waals surface area contributed by atoms with Crippen molar-refractivity contribution >= 4 is 27.6 Å². The maximum atomic E-state index is 12.0. The lowest BCUT2D eigenvalue weighted by Gasteiger charge is -2.07. The van der Waals surface area contributed by atoms with Gasteiger partial charge in [0.05, 0.1) is 10.8 Å². The molecule has 2 unspecified atom stereocenters. The normalized spacial score (nSPS) is 25.2. The fourth-order valence-corrected chi connectivity index (χ4v) is 2.79. The fourth-order valence-electron chi connectivity index (χ4n) is 0.659. The highest BCUT2D eigenvalue weighted by molar-refractivity contribution is 8.22. The minimum Gasteiger partial charge on any atom is -0.283 e. The standard InChI is InChI=1S/C5H7F3N2OS2/c1-2-13(11)4-10-9-3(12-4)5(6,7)8/h4,10H,2H2,1H3. The van der Waals surface area contributed by atoms with Gasteiger partial charge < -0.3 is 0 Å². The Morgan fingerprint density at radius 2 is 2.31 bits per heavy atom. The molecule has 1 heterocycles. The van der Waals surface area contributed by atoms with E-state index in [1.54, 1.807) is 6.92 Å². The Kier molecular flexibility index (Phi) is 3.23. The molecule has 0 saturated carbocycles. The van der Waals surface area contributed by atoms with Gasteiger partial charge >= 0.3 is 6.18 Å². The van der Waals surface area contributed by atoms with Crippen LogP contribution in [0.25, 0.3) is 0 Å². The van der Waals surface area contributed by atoms with Gasteiger partial charge in [-0.15, -0.1) is 0 Å². The molecule has 1 N–H and O–H groups in total. The number of hydrogen-bond acceptors (Lipinski definition) is 4. The Morgan fingerprint density at radius 1 is 1.69 bits per heavy atom. The number of nitrogens with one attached hydrogen (secondary N) is 1. The molecular formula is C5H7F3N2OS2. The third-order valence-corrected chi connectivity index (χ3v) is 4.21. The summed E-state index contributed by atoms with van der Waals surface area (Å²) < 4.78 is 46.3. The molecule has 76 valence electrons. The van der Waals surface area contributed by atoms with Crippen LogP contribution in [-0.2, 0) is 10.8 Å². The Balaban J connectivity index is 2.57. The first kappa shape index (κ1) is 10.8. The molecule has 13 heavy (non-hydrogen) atoms. The lowest BCUT2D eigenvalue weighted by Crippen LogP contribution is -2.23. The van der Waals surface area contributed by atoms with Crippen molar-refractivity contribution in [2.75, 3.05) is 5.75 Å². The quantitative estimate of drug-likeness (QED) is 0.779. The topological polar surface area (TPSA) is 41.5 Å². The van der Waals surface area contributed by atoms with Gasteiger partial charge in [-0.2, -0.15) is 18.3 Å². The Morgan fingerprint density at radius 3 is 2.69 bits per heavy atom. The molecule has 0 amide bonds. The summed E-state index contributed by atoms with van der Waals surface area (Å²) in [5.74, 6) is 0.311. The predicted molar refractivity (Wildman–Crippen MR) is 46.7 cm³/mol. The molecule has 0 radical (unpaired) electrons. The average molecular weight is 232 g/mol. The van der Waals surface area contributed by atoms with Crippen molar-refractivity contribution in [3.05, 3.63) is 0 Å². The van der Waals surface area contributed by atoms with E-state index in [-0.39, 0.29) is 0 Å². The summed E-state index contributed by atoms with van der Waals surface area (Å²) in [6, 6.07) is 0. The van der Waals surface area contributed by atoms with E-state index in [0.29, 0.717) is 17.5 Å². The molecule has 8 heteroatoms. The second-order valence-corrected chi connectivity index (χ2v) is 5.37. The summed E-state index contributed by atoms with van der Waals surface area (Å²) in [5.41, 5.74) is 2.19. The molecule has 0 fully saturated rings. The maximum absolute atomic E-state index is 12.0. The van der Waals surface area contributed by atoms with E-state index in [1.165, 1.54) is 0 Å². The smallest absolute Gasteiger partial charge is 0.283 e. The molecule has 0 aromatic carbocycles. The largest absolute Gasteiger partial charge is 0.441 e. The van der Waals surface area contributed by atoms with Crippen molar-refractivity contribution < 1.29 is 17.4 Å². The Hall–Kier alpha value is -0.240. The van der Waals surface area contributed by atoms with Crippen LogP contribution in [0.15, 0.2) is 5.10 Å². The van der Waals surface area contributed by atoms with Crippen LogP contribution in [0.3, 0.4) is 0 Å². The number of halogens is 3. The van der Waals surface area contributed by atoms with Gasteiger partial charge in [-0.05, 0) is 0 Å². The van der Waals surface area contributed by atoms with Crippen LogP contribution in [-0.4, -0.2) is 25.9 Å². The van der Waals surface area contributed by atoms with Crippen LogP contribution >= 0.6 is 11.8 Å².